The van der Waals surface area contributed by atoms with Crippen LogP contribution < -0.4 is 5.73 Å². The standard InChI is InChI=1S/C17H17F2NO2/c18-15-7-6-13(8-16(15)19)14(10-20)9-17(21)22-11-12-4-2-1-3-5-12/h1-8,14H,9-11,20H2. The molecule has 0 amide bonds. The Balaban J connectivity index is 1.94. The molecule has 0 heterocycles. The van der Waals surface area contributed by atoms with Crippen LogP contribution in [-0.2, 0) is 16.1 Å². The Morgan fingerprint density at radius 3 is 2.45 bits per heavy atom. The maximum absolute atomic E-state index is 13.3. The molecule has 2 N–H and O–H groups in total. The summed E-state index contributed by atoms with van der Waals surface area (Å²) < 4.78 is 31.4. The smallest absolute Gasteiger partial charge is 0.306 e. The summed E-state index contributed by atoms with van der Waals surface area (Å²) in [6, 6.07) is 12.8. The highest BCUT2D eigenvalue weighted by molar-refractivity contribution is 5.70. The van der Waals surface area contributed by atoms with Gasteiger partial charge in [0.15, 0.2) is 11.6 Å². The van der Waals surface area contributed by atoms with E-state index in [1.54, 1.807) is 0 Å². The fourth-order valence-electron chi connectivity index (χ4n) is 2.10. The number of hydrogen-bond donors (Lipinski definition) is 1. The summed E-state index contributed by atoms with van der Waals surface area (Å²) in [6.45, 7) is 0.320. The number of halogens is 2. The maximum atomic E-state index is 13.3. The average molecular weight is 305 g/mol. The molecule has 2 aromatic carbocycles. The second-order valence-electron chi connectivity index (χ2n) is 4.96. The minimum absolute atomic E-state index is 0.0222. The molecule has 1 atom stereocenters. The van der Waals surface area contributed by atoms with Gasteiger partial charge in [0.2, 0.25) is 0 Å². The molecule has 2 rings (SSSR count). The van der Waals surface area contributed by atoms with Crippen molar-refractivity contribution in [2.45, 2.75) is 18.9 Å². The highest BCUT2D eigenvalue weighted by atomic mass is 19.2. The van der Waals surface area contributed by atoms with Crippen LogP contribution in [0.5, 0.6) is 0 Å². The van der Waals surface area contributed by atoms with Gasteiger partial charge in [-0.3, -0.25) is 4.79 Å². The summed E-state index contributed by atoms with van der Waals surface area (Å²) in [6.07, 6.45) is 0.0222. The van der Waals surface area contributed by atoms with E-state index >= 15 is 0 Å². The van der Waals surface area contributed by atoms with Crippen LogP contribution in [0.1, 0.15) is 23.5 Å². The van der Waals surface area contributed by atoms with Gasteiger partial charge >= 0.3 is 5.97 Å². The Bertz CT molecular complexity index is 632. The number of hydrogen-bond acceptors (Lipinski definition) is 3. The Kier molecular flexibility index (Phi) is 5.61. The van der Waals surface area contributed by atoms with Gasteiger partial charge in [0.1, 0.15) is 6.61 Å². The number of carbonyl (C=O) groups is 1. The van der Waals surface area contributed by atoms with Crippen LogP contribution in [0.3, 0.4) is 0 Å². The Labute approximate surface area is 127 Å². The van der Waals surface area contributed by atoms with E-state index in [1.807, 2.05) is 30.3 Å². The summed E-state index contributed by atoms with van der Waals surface area (Å²) in [7, 11) is 0. The molecule has 22 heavy (non-hydrogen) atoms. The van der Waals surface area contributed by atoms with Gasteiger partial charge in [-0.2, -0.15) is 0 Å². The van der Waals surface area contributed by atoms with Crippen molar-refractivity contribution in [3.8, 4) is 0 Å². The molecular formula is C17H17F2NO2. The van der Waals surface area contributed by atoms with Crippen LogP contribution in [0.2, 0.25) is 0 Å². The van der Waals surface area contributed by atoms with Gasteiger partial charge < -0.3 is 10.5 Å². The summed E-state index contributed by atoms with van der Waals surface area (Å²) in [5.74, 6) is -2.71. The summed E-state index contributed by atoms with van der Waals surface area (Å²) in [5, 5.41) is 0. The van der Waals surface area contributed by atoms with Crippen molar-refractivity contribution in [3.63, 3.8) is 0 Å². The molecule has 0 saturated carbocycles. The SMILES string of the molecule is NCC(CC(=O)OCc1ccccc1)c1ccc(F)c(F)c1. The fraction of sp³-hybridized carbons (Fsp3) is 0.235. The van der Waals surface area contributed by atoms with Crippen molar-refractivity contribution < 1.29 is 18.3 Å². The van der Waals surface area contributed by atoms with Crippen LogP contribution in [0.4, 0.5) is 8.78 Å². The molecule has 5 heteroatoms. The summed E-state index contributed by atoms with van der Waals surface area (Å²) >= 11 is 0. The molecule has 0 aromatic heterocycles. The third-order valence-corrected chi connectivity index (χ3v) is 3.36. The number of nitrogens with two attached hydrogens (primary N) is 1. The second kappa shape index (κ2) is 7.66. The van der Waals surface area contributed by atoms with E-state index in [0.717, 1.165) is 17.7 Å². The highest BCUT2D eigenvalue weighted by Crippen LogP contribution is 2.21. The normalized spacial score (nSPS) is 12.0. The van der Waals surface area contributed by atoms with E-state index in [0.29, 0.717) is 5.56 Å². The van der Waals surface area contributed by atoms with Gasteiger partial charge in [0.05, 0.1) is 6.42 Å². The number of ether oxygens (including phenoxy) is 1. The van der Waals surface area contributed by atoms with Gasteiger partial charge in [0, 0.05) is 5.92 Å². The zero-order valence-electron chi connectivity index (χ0n) is 12.0. The van der Waals surface area contributed by atoms with Crippen molar-refractivity contribution >= 4 is 5.97 Å². The lowest BCUT2D eigenvalue weighted by Crippen LogP contribution is -2.18. The van der Waals surface area contributed by atoms with Gasteiger partial charge in [0.25, 0.3) is 0 Å². The predicted octanol–water partition coefficient (Wildman–Crippen LogP) is 3.14. The van der Waals surface area contributed by atoms with Gasteiger partial charge in [-0.05, 0) is 29.8 Å². The number of carbonyl (C=O) groups excluding carboxylic acids is 1. The molecule has 3 nitrogen and oxygen atoms in total. The quantitative estimate of drug-likeness (QED) is 0.834. The Morgan fingerprint density at radius 2 is 1.82 bits per heavy atom. The van der Waals surface area contributed by atoms with Crippen molar-refractivity contribution in [1.82, 2.24) is 0 Å². The van der Waals surface area contributed by atoms with E-state index in [4.69, 9.17) is 10.5 Å². The first kappa shape index (κ1) is 16.1. The molecule has 0 aliphatic carbocycles. The van der Waals surface area contributed by atoms with Crippen LogP contribution in [0.15, 0.2) is 48.5 Å². The van der Waals surface area contributed by atoms with E-state index in [-0.39, 0.29) is 19.6 Å². The predicted molar refractivity (Wildman–Crippen MR) is 79.0 cm³/mol. The van der Waals surface area contributed by atoms with Crippen molar-refractivity contribution in [3.05, 3.63) is 71.3 Å². The minimum atomic E-state index is -0.950. The zero-order valence-corrected chi connectivity index (χ0v) is 12.0. The van der Waals surface area contributed by atoms with E-state index < -0.39 is 23.5 Å². The molecule has 0 radical (unpaired) electrons. The first-order chi connectivity index (χ1) is 10.6. The zero-order chi connectivity index (χ0) is 15.9. The topological polar surface area (TPSA) is 52.3 Å². The molecule has 0 saturated heterocycles. The van der Waals surface area contributed by atoms with Gasteiger partial charge in [-0.1, -0.05) is 36.4 Å². The third kappa shape index (κ3) is 4.36. The fourth-order valence-corrected chi connectivity index (χ4v) is 2.10. The van der Waals surface area contributed by atoms with Gasteiger partial charge in [-0.25, -0.2) is 8.78 Å². The lowest BCUT2D eigenvalue weighted by atomic mass is 9.96. The molecule has 0 fully saturated rings. The Hall–Kier alpha value is -2.27. The van der Waals surface area contributed by atoms with Crippen molar-refractivity contribution in [2.24, 2.45) is 5.73 Å². The molecule has 0 spiro atoms. The van der Waals surface area contributed by atoms with Gasteiger partial charge in [-0.15, -0.1) is 0 Å². The van der Waals surface area contributed by atoms with E-state index in [1.165, 1.54) is 6.07 Å². The van der Waals surface area contributed by atoms with Crippen molar-refractivity contribution in [1.29, 1.82) is 0 Å². The first-order valence-electron chi connectivity index (χ1n) is 6.94. The lowest BCUT2D eigenvalue weighted by molar-refractivity contribution is -0.145. The molecule has 116 valence electrons. The van der Waals surface area contributed by atoms with E-state index in [9.17, 15) is 13.6 Å². The van der Waals surface area contributed by atoms with Crippen LogP contribution in [0, 0.1) is 11.6 Å². The average Bonchev–Trinajstić information content (AvgIpc) is 2.54. The minimum Gasteiger partial charge on any atom is -0.461 e. The molecule has 0 aliphatic heterocycles. The molecule has 2 aromatic rings. The first-order valence-corrected chi connectivity index (χ1v) is 6.94. The maximum Gasteiger partial charge on any atom is 0.306 e. The number of rotatable bonds is 6. The van der Waals surface area contributed by atoms with Crippen LogP contribution in [0.25, 0.3) is 0 Å². The molecule has 0 bridgehead atoms. The molecule has 0 aliphatic rings. The van der Waals surface area contributed by atoms with E-state index in [2.05, 4.69) is 0 Å². The Morgan fingerprint density at radius 1 is 1.09 bits per heavy atom. The molecule has 1 unspecified atom stereocenters. The van der Waals surface area contributed by atoms with Crippen molar-refractivity contribution in [2.75, 3.05) is 6.54 Å². The number of benzene rings is 2. The molecular weight excluding hydrogens is 288 g/mol. The number of esters is 1. The largest absolute Gasteiger partial charge is 0.461 e. The summed E-state index contributed by atoms with van der Waals surface area (Å²) in [4.78, 5) is 11.9. The van der Waals surface area contributed by atoms with Crippen LogP contribution >= 0.6 is 0 Å². The highest BCUT2D eigenvalue weighted by Gasteiger charge is 2.17. The lowest BCUT2D eigenvalue weighted by Gasteiger charge is -2.15. The third-order valence-electron chi connectivity index (χ3n) is 3.36. The monoisotopic (exact) mass is 305 g/mol. The van der Waals surface area contributed by atoms with Crippen LogP contribution in [-0.4, -0.2) is 12.5 Å². The summed E-state index contributed by atoms with van der Waals surface area (Å²) in [5.41, 5.74) is 6.99. The second-order valence-corrected chi connectivity index (χ2v) is 4.96.